The molecular weight excluding hydrogens is 316 g/mol. The third-order valence-corrected chi connectivity index (χ3v) is 5.08. The van der Waals surface area contributed by atoms with Crippen LogP contribution in [0.1, 0.15) is 38.3 Å². The molecule has 0 aliphatic heterocycles. The van der Waals surface area contributed by atoms with Crippen molar-refractivity contribution in [3.8, 4) is 0 Å². The van der Waals surface area contributed by atoms with Crippen LogP contribution in [0.2, 0.25) is 0 Å². The summed E-state index contributed by atoms with van der Waals surface area (Å²) in [6.45, 7) is 6.10. The van der Waals surface area contributed by atoms with Gasteiger partial charge in [-0.2, -0.15) is 0 Å². The summed E-state index contributed by atoms with van der Waals surface area (Å²) in [6.07, 6.45) is 2.64. The van der Waals surface area contributed by atoms with Crippen molar-refractivity contribution in [1.82, 2.24) is 0 Å². The van der Waals surface area contributed by atoms with Gasteiger partial charge in [0.25, 0.3) is 0 Å². The summed E-state index contributed by atoms with van der Waals surface area (Å²) in [6, 6.07) is 25.4. The van der Waals surface area contributed by atoms with Crippen molar-refractivity contribution in [3.63, 3.8) is 0 Å². The fourth-order valence-electron chi connectivity index (χ4n) is 3.68. The SMILES string of the molecule is CC(C)(C)C(=O)C(CCc1cccc2ccccc12)Cc1ccccc1. The van der Waals surface area contributed by atoms with E-state index in [-0.39, 0.29) is 11.3 Å². The van der Waals surface area contributed by atoms with Crippen molar-refractivity contribution in [2.75, 3.05) is 0 Å². The van der Waals surface area contributed by atoms with Crippen LogP contribution < -0.4 is 0 Å². The second kappa shape index (κ2) is 7.86. The minimum Gasteiger partial charge on any atom is -0.299 e. The van der Waals surface area contributed by atoms with Crippen LogP contribution >= 0.6 is 0 Å². The zero-order chi connectivity index (χ0) is 18.6. The lowest BCUT2D eigenvalue weighted by Crippen LogP contribution is -2.30. The predicted octanol–water partition coefficient (Wildman–Crippen LogP) is 6.25. The quantitative estimate of drug-likeness (QED) is 0.517. The summed E-state index contributed by atoms with van der Waals surface area (Å²) in [5, 5.41) is 2.57. The zero-order valence-corrected chi connectivity index (χ0v) is 16.0. The number of aryl methyl sites for hydroxylation is 1. The first-order chi connectivity index (χ1) is 12.4. The van der Waals surface area contributed by atoms with Gasteiger partial charge in [-0.15, -0.1) is 0 Å². The number of hydrogen-bond acceptors (Lipinski definition) is 1. The summed E-state index contributed by atoms with van der Waals surface area (Å²) < 4.78 is 0. The molecule has 0 radical (unpaired) electrons. The first kappa shape index (κ1) is 18.4. The van der Waals surface area contributed by atoms with E-state index in [1.807, 2.05) is 26.8 Å². The Labute approximate surface area is 157 Å². The van der Waals surface area contributed by atoms with Crippen LogP contribution in [0.15, 0.2) is 72.8 Å². The van der Waals surface area contributed by atoms with Gasteiger partial charge in [0.2, 0.25) is 0 Å². The lowest BCUT2D eigenvalue weighted by atomic mass is 9.78. The number of benzene rings is 3. The Morgan fingerprint density at radius 3 is 2.23 bits per heavy atom. The minimum absolute atomic E-state index is 0.0522. The molecule has 3 aromatic carbocycles. The number of hydrogen-bond donors (Lipinski definition) is 0. The summed E-state index contributed by atoms with van der Waals surface area (Å²) >= 11 is 0. The topological polar surface area (TPSA) is 17.1 Å². The molecule has 0 aromatic heterocycles. The lowest BCUT2D eigenvalue weighted by molar-refractivity contribution is -0.130. The Hall–Kier alpha value is -2.41. The maximum atomic E-state index is 13.1. The van der Waals surface area contributed by atoms with E-state index in [0.717, 1.165) is 19.3 Å². The maximum absolute atomic E-state index is 13.1. The Morgan fingerprint density at radius 1 is 0.846 bits per heavy atom. The molecule has 0 saturated heterocycles. The fourth-order valence-corrected chi connectivity index (χ4v) is 3.68. The predicted molar refractivity (Wildman–Crippen MR) is 110 cm³/mol. The summed E-state index contributed by atoms with van der Waals surface area (Å²) in [7, 11) is 0. The van der Waals surface area contributed by atoms with Gasteiger partial charge in [-0.25, -0.2) is 0 Å². The number of fused-ring (bicyclic) bond motifs is 1. The molecule has 0 N–H and O–H groups in total. The van der Waals surface area contributed by atoms with Crippen molar-refractivity contribution in [3.05, 3.63) is 83.9 Å². The van der Waals surface area contributed by atoms with Crippen LogP contribution in [0.3, 0.4) is 0 Å². The van der Waals surface area contributed by atoms with Crippen molar-refractivity contribution < 1.29 is 4.79 Å². The van der Waals surface area contributed by atoms with E-state index in [2.05, 4.69) is 66.7 Å². The largest absolute Gasteiger partial charge is 0.299 e. The molecule has 1 unspecified atom stereocenters. The van der Waals surface area contributed by atoms with Crippen LogP contribution in [0.25, 0.3) is 10.8 Å². The number of carbonyl (C=O) groups excluding carboxylic acids is 1. The maximum Gasteiger partial charge on any atom is 0.141 e. The Morgan fingerprint density at radius 2 is 1.50 bits per heavy atom. The minimum atomic E-state index is -0.307. The monoisotopic (exact) mass is 344 g/mol. The van der Waals surface area contributed by atoms with Gasteiger partial charge in [0.05, 0.1) is 0 Å². The van der Waals surface area contributed by atoms with Gasteiger partial charge in [-0.05, 0) is 41.2 Å². The van der Waals surface area contributed by atoms with E-state index in [0.29, 0.717) is 5.78 Å². The van der Waals surface area contributed by atoms with Crippen molar-refractivity contribution in [2.24, 2.45) is 11.3 Å². The summed E-state index contributed by atoms with van der Waals surface area (Å²) in [5.41, 5.74) is 2.27. The van der Waals surface area contributed by atoms with Crippen molar-refractivity contribution in [2.45, 2.75) is 40.0 Å². The zero-order valence-electron chi connectivity index (χ0n) is 16.0. The highest BCUT2D eigenvalue weighted by molar-refractivity contribution is 5.87. The molecule has 1 atom stereocenters. The molecule has 0 spiro atoms. The molecular formula is C25H28O. The Bertz CT molecular complexity index is 866. The van der Waals surface area contributed by atoms with Gasteiger partial charge in [-0.3, -0.25) is 4.79 Å². The number of rotatable bonds is 6. The second-order valence-electron chi connectivity index (χ2n) is 8.18. The number of Topliss-reactive ketones (excluding diaryl/α,β-unsaturated/α-hetero) is 1. The van der Waals surface area contributed by atoms with E-state index in [9.17, 15) is 4.79 Å². The average Bonchev–Trinajstić information content (AvgIpc) is 2.64. The van der Waals surface area contributed by atoms with Gasteiger partial charge >= 0.3 is 0 Å². The van der Waals surface area contributed by atoms with E-state index in [1.54, 1.807) is 0 Å². The molecule has 1 heteroatoms. The van der Waals surface area contributed by atoms with Crippen LogP contribution in [-0.4, -0.2) is 5.78 Å². The molecule has 0 saturated carbocycles. The first-order valence-electron chi connectivity index (χ1n) is 9.50. The van der Waals surface area contributed by atoms with Crippen LogP contribution in [0, 0.1) is 11.3 Å². The summed E-state index contributed by atoms with van der Waals surface area (Å²) in [5.74, 6) is 0.415. The molecule has 0 fully saturated rings. The molecule has 0 amide bonds. The van der Waals surface area contributed by atoms with Crippen molar-refractivity contribution in [1.29, 1.82) is 0 Å². The Balaban J connectivity index is 1.82. The van der Waals surface area contributed by atoms with Crippen LogP contribution in [-0.2, 0) is 17.6 Å². The fraction of sp³-hybridized carbons (Fsp3) is 0.320. The van der Waals surface area contributed by atoms with Gasteiger partial charge < -0.3 is 0 Å². The molecule has 0 heterocycles. The molecule has 3 aromatic rings. The molecule has 0 bridgehead atoms. The first-order valence-corrected chi connectivity index (χ1v) is 9.50. The van der Waals surface area contributed by atoms with E-state index < -0.39 is 0 Å². The van der Waals surface area contributed by atoms with Gasteiger partial charge in [0.1, 0.15) is 5.78 Å². The highest BCUT2D eigenvalue weighted by Gasteiger charge is 2.29. The third-order valence-electron chi connectivity index (χ3n) is 5.08. The number of carbonyl (C=O) groups is 1. The van der Waals surface area contributed by atoms with Gasteiger partial charge in [0.15, 0.2) is 0 Å². The van der Waals surface area contributed by atoms with E-state index >= 15 is 0 Å². The normalized spacial score (nSPS) is 12.9. The second-order valence-corrected chi connectivity index (χ2v) is 8.18. The lowest BCUT2D eigenvalue weighted by Gasteiger charge is -2.25. The van der Waals surface area contributed by atoms with Crippen molar-refractivity contribution >= 4 is 16.6 Å². The molecule has 3 rings (SSSR count). The molecule has 26 heavy (non-hydrogen) atoms. The average molecular weight is 344 g/mol. The molecule has 0 aliphatic carbocycles. The van der Waals surface area contributed by atoms with E-state index in [1.165, 1.54) is 21.9 Å². The van der Waals surface area contributed by atoms with Gasteiger partial charge in [0, 0.05) is 11.3 Å². The molecule has 0 aliphatic rings. The highest BCUT2D eigenvalue weighted by atomic mass is 16.1. The highest BCUT2D eigenvalue weighted by Crippen LogP contribution is 2.28. The molecule has 134 valence electrons. The van der Waals surface area contributed by atoms with Gasteiger partial charge in [-0.1, -0.05) is 93.6 Å². The Kier molecular flexibility index (Phi) is 5.56. The smallest absolute Gasteiger partial charge is 0.141 e. The standard InChI is InChI=1S/C25H28O/c1-25(2,3)24(26)22(18-19-10-5-4-6-11-19)17-16-21-14-9-13-20-12-7-8-15-23(20)21/h4-15,22H,16-18H2,1-3H3. The van der Waals surface area contributed by atoms with Crippen LogP contribution in [0.4, 0.5) is 0 Å². The summed E-state index contributed by atoms with van der Waals surface area (Å²) in [4.78, 5) is 13.1. The van der Waals surface area contributed by atoms with E-state index in [4.69, 9.17) is 0 Å². The number of ketones is 1. The molecule has 1 nitrogen and oxygen atoms in total. The van der Waals surface area contributed by atoms with Crippen LogP contribution in [0.5, 0.6) is 0 Å². The third kappa shape index (κ3) is 4.40.